The number of methoxy groups -OCH3 is 1. The van der Waals surface area contributed by atoms with Gasteiger partial charge >= 0.3 is 0 Å². The summed E-state index contributed by atoms with van der Waals surface area (Å²) in [6, 6.07) is 6.54. The molecule has 0 bridgehead atoms. The number of carbonyl (C=O) groups excluding carboxylic acids is 1. The number of sulfone groups is 1. The molecule has 0 fully saturated rings. The third-order valence-corrected chi connectivity index (χ3v) is 4.68. The van der Waals surface area contributed by atoms with Crippen LogP contribution in [0.3, 0.4) is 0 Å². The van der Waals surface area contributed by atoms with Crippen molar-refractivity contribution in [3.8, 4) is 5.75 Å². The van der Waals surface area contributed by atoms with Gasteiger partial charge in [-0.25, -0.2) is 8.42 Å². The lowest BCUT2D eigenvalue weighted by Crippen LogP contribution is -2.34. The number of aliphatic hydroxyl groups is 1. The first-order valence-electron chi connectivity index (χ1n) is 5.68. The van der Waals surface area contributed by atoms with Gasteiger partial charge in [-0.05, 0) is 31.2 Å². The molecule has 106 valence electrons. The van der Waals surface area contributed by atoms with Crippen LogP contribution < -0.4 is 10.1 Å². The van der Waals surface area contributed by atoms with Gasteiger partial charge in [-0.3, -0.25) is 4.79 Å². The van der Waals surface area contributed by atoms with E-state index in [1.807, 2.05) is 0 Å². The number of ether oxygens (including phenoxy) is 1. The van der Waals surface area contributed by atoms with Gasteiger partial charge in [0.1, 0.15) is 11.0 Å². The molecule has 1 amide bonds. The normalized spacial score (nSPS) is 12.8. The zero-order chi connectivity index (χ0) is 14.5. The van der Waals surface area contributed by atoms with E-state index in [2.05, 4.69) is 5.32 Å². The first-order valence-corrected chi connectivity index (χ1v) is 7.39. The summed E-state index contributed by atoms with van der Waals surface area (Å²) in [6.07, 6.45) is 0. The zero-order valence-corrected chi connectivity index (χ0v) is 11.6. The van der Waals surface area contributed by atoms with Crippen molar-refractivity contribution >= 4 is 21.4 Å². The second-order valence-corrected chi connectivity index (χ2v) is 6.39. The van der Waals surface area contributed by atoms with E-state index in [4.69, 9.17) is 9.84 Å². The van der Waals surface area contributed by atoms with Crippen molar-refractivity contribution in [1.29, 1.82) is 0 Å². The minimum absolute atomic E-state index is 0.426. The topological polar surface area (TPSA) is 92.7 Å². The highest BCUT2D eigenvalue weighted by molar-refractivity contribution is 7.92. The van der Waals surface area contributed by atoms with Gasteiger partial charge in [0, 0.05) is 5.69 Å². The first-order chi connectivity index (χ1) is 8.90. The van der Waals surface area contributed by atoms with E-state index >= 15 is 0 Å². The average molecular weight is 287 g/mol. The number of hydrogen-bond acceptors (Lipinski definition) is 5. The van der Waals surface area contributed by atoms with Crippen molar-refractivity contribution in [3.05, 3.63) is 24.3 Å². The average Bonchev–Trinajstić information content (AvgIpc) is 2.38. The number of amides is 1. The lowest BCUT2D eigenvalue weighted by Gasteiger charge is -2.12. The SMILES string of the molecule is COc1ccc(NC(=O)C(C)S(=O)(=O)CCO)cc1. The zero-order valence-electron chi connectivity index (χ0n) is 10.8. The van der Waals surface area contributed by atoms with E-state index < -0.39 is 33.4 Å². The largest absolute Gasteiger partial charge is 0.497 e. The Morgan fingerprint density at radius 3 is 2.42 bits per heavy atom. The molecule has 0 saturated carbocycles. The number of carbonyl (C=O) groups is 1. The van der Waals surface area contributed by atoms with E-state index in [9.17, 15) is 13.2 Å². The molecular formula is C12H17NO5S. The van der Waals surface area contributed by atoms with Crippen LogP contribution in [0.5, 0.6) is 5.75 Å². The van der Waals surface area contributed by atoms with E-state index in [1.54, 1.807) is 24.3 Å². The maximum Gasteiger partial charge on any atom is 0.242 e. The lowest BCUT2D eigenvalue weighted by atomic mass is 10.3. The molecule has 0 heterocycles. The first kappa shape index (κ1) is 15.5. The van der Waals surface area contributed by atoms with Crippen LogP contribution in [0.2, 0.25) is 0 Å². The van der Waals surface area contributed by atoms with Crippen molar-refractivity contribution < 1.29 is 23.1 Å². The quantitative estimate of drug-likeness (QED) is 0.791. The molecule has 0 spiro atoms. The van der Waals surface area contributed by atoms with E-state index in [0.29, 0.717) is 11.4 Å². The highest BCUT2D eigenvalue weighted by Crippen LogP contribution is 2.16. The second kappa shape index (κ2) is 6.53. The molecular weight excluding hydrogens is 270 g/mol. The summed E-state index contributed by atoms with van der Waals surface area (Å²) in [6.45, 7) is 0.798. The fourth-order valence-electron chi connectivity index (χ4n) is 1.39. The molecule has 0 aliphatic carbocycles. The van der Waals surface area contributed by atoms with Crippen molar-refractivity contribution in [2.45, 2.75) is 12.2 Å². The number of nitrogens with one attached hydrogen (secondary N) is 1. The summed E-state index contributed by atoms with van der Waals surface area (Å²) in [7, 11) is -2.10. The van der Waals surface area contributed by atoms with Gasteiger partial charge < -0.3 is 15.2 Å². The Morgan fingerprint density at radius 2 is 1.95 bits per heavy atom. The van der Waals surface area contributed by atoms with E-state index in [0.717, 1.165) is 0 Å². The monoisotopic (exact) mass is 287 g/mol. The molecule has 6 nitrogen and oxygen atoms in total. The molecule has 0 saturated heterocycles. The summed E-state index contributed by atoms with van der Waals surface area (Å²) in [4.78, 5) is 11.8. The molecule has 0 aliphatic rings. The minimum Gasteiger partial charge on any atom is -0.497 e. The van der Waals surface area contributed by atoms with Gasteiger partial charge in [-0.2, -0.15) is 0 Å². The van der Waals surface area contributed by atoms with Crippen LogP contribution in [-0.2, 0) is 14.6 Å². The summed E-state index contributed by atoms with van der Waals surface area (Å²) >= 11 is 0. The molecule has 0 aliphatic heterocycles. The molecule has 19 heavy (non-hydrogen) atoms. The number of anilines is 1. The standard InChI is InChI=1S/C12H17NO5S/c1-9(19(16,17)8-7-14)12(15)13-10-3-5-11(18-2)6-4-10/h3-6,9,14H,7-8H2,1-2H3,(H,13,15). The molecule has 1 rings (SSSR count). The fraction of sp³-hybridized carbons (Fsp3) is 0.417. The predicted octanol–water partition coefficient (Wildman–Crippen LogP) is 0.429. The highest BCUT2D eigenvalue weighted by atomic mass is 32.2. The van der Waals surface area contributed by atoms with Crippen LogP contribution in [-0.4, -0.2) is 44.2 Å². The maximum atomic E-state index is 11.8. The Labute approximate surface area is 112 Å². The van der Waals surface area contributed by atoms with Crippen LogP contribution in [0.15, 0.2) is 24.3 Å². The smallest absolute Gasteiger partial charge is 0.242 e. The fourth-order valence-corrected chi connectivity index (χ4v) is 2.38. The molecule has 0 radical (unpaired) electrons. The Hall–Kier alpha value is -1.60. The van der Waals surface area contributed by atoms with Gasteiger partial charge in [0.15, 0.2) is 9.84 Å². The van der Waals surface area contributed by atoms with Gasteiger partial charge in [0.05, 0.1) is 19.5 Å². The van der Waals surface area contributed by atoms with Crippen LogP contribution in [0.4, 0.5) is 5.69 Å². The van der Waals surface area contributed by atoms with Crippen molar-refractivity contribution in [3.63, 3.8) is 0 Å². The molecule has 1 aromatic carbocycles. The van der Waals surface area contributed by atoms with Crippen molar-refractivity contribution in [2.24, 2.45) is 0 Å². The van der Waals surface area contributed by atoms with E-state index in [-0.39, 0.29) is 0 Å². The van der Waals surface area contributed by atoms with Gasteiger partial charge in [-0.1, -0.05) is 0 Å². The Balaban J connectivity index is 2.73. The van der Waals surface area contributed by atoms with Crippen LogP contribution in [0.25, 0.3) is 0 Å². The van der Waals surface area contributed by atoms with Crippen molar-refractivity contribution in [2.75, 3.05) is 24.8 Å². The minimum atomic E-state index is -3.63. The van der Waals surface area contributed by atoms with Crippen molar-refractivity contribution in [1.82, 2.24) is 0 Å². The summed E-state index contributed by atoms with van der Waals surface area (Å²) < 4.78 is 28.2. The Bertz CT molecular complexity index is 524. The van der Waals surface area contributed by atoms with Gasteiger partial charge in [0.2, 0.25) is 5.91 Å². The molecule has 0 aromatic heterocycles. The third-order valence-electron chi connectivity index (χ3n) is 2.64. The summed E-state index contributed by atoms with van der Waals surface area (Å²) in [5.74, 6) is -0.415. The summed E-state index contributed by atoms with van der Waals surface area (Å²) in [5.41, 5.74) is 0.483. The predicted molar refractivity (Wildman–Crippen MR) is 72.0 cm³/mol. The van der Waals surface area contributed by atoms with Crippen LogP contribution >= 0.6 is 0 Å². The second-order valence-electron chi connectivity index (χ2n) is 3.95. The van der Waals surface area contributed by atoms with Crippen LogP contribution in [0.1, 0.15) is 6.92 Å². The molecule has 2 N–H and O–H groups in total. The van der Waals surface area contributed by atoms with E-state index in [1.165, 1.54) is 14.0 Å². The molecule has 1 unspecified atom stereocenters. The number of benzene rings is 1. The summed E-state index contributed by atoms with van der Waals surface area (Å²) in [5, 5.41) is 9.95. The Kier molecular flexibility index (Phi) is 5.31. The number of aliphatic hydroxyl groups excluding tert-OH is 1. The lowest BCUT2D eigenvalue weighted by molar-refractivity contribution is -0.115. The Morgan fingerprint density at radius 1 is 1.37 bits per heavy atom. The maximum absolute atomic E-state index is 11.8. The van der Waals surface area contributed by atoms with Gasteiger partial charge in [-0.15, -0.1) is 0 Å². The number of rotatable bonds is 6. The van der Waals surface area contributed by atoms with Crippen LogP contribution in [0, 0.1) is 0 Å². The highest BCUT2D eigenvalue weighted by Gasteiger charge is 2.27. The molecule has 1 atom stereocenters. The third kappa shape index (κ3) is 4.22. The molecule has 7 heteroatoms. The van der Waals surface area contributed by atoms with Gasteiger partial charge in [0.25, 0.3) is 0 Å². The molecule has 1 aromatic rings. The number of hydrogen-bond donors (Lipinski definition) is 2.